The maximum atomic E-state index is 9.27. The molecule has 2 nitrogen and oxygen atoms in total. The summed E-state index contributed by atoms with van der Waals surface area (Å²) >= 11 is 0. The van der Waals surface area contributed by atoms with Crippen molar-refractivity contribution < 1.29 is 0 Å². The normalized spacial score (nSPS) is 21.3. The Balaban J connectivity index is 2.29. The maximum Gasteiger partial charge on any atom is 0.127 e. The van der Waals surface area contributed by atoms with Crippen LogP contribution in [0.3, 0.4) is 0 Å². The summed E-state index contributed by atoms with van der Waals surface area (Å²) in [5.74, 6) is 0. The van der Waals surface area contributed by atoms with Crippen molar-refractivity contribution in [1.29, 1.82) is 5.26 Å². The number of hydrogen-bond donors (Lipinski definition) is 1. The van der Waals surface area contributed by atoms with Crippen LogP contribution < -0.4 is 11.0 Å². The Morgan fingerprint density at radius 3 is 2.47 bits per heavy atom. The van der Waals surface area contributed by atoms with E-state index in [0.29, 0.717) is 6.42 Å². The molecular formula is C17H12N2. The van der Waals surface area contributed by atoms with E-state index < -0.39 is 5.54 Å². The van der Waals surface area contributed by atoms with E-state index in [-0.39, 0.29) is 0 Å². The lowest BCUT2D eigenvalue weighted by molar-refractivity contribution is 0.698. The van der Waals surface area contributed by atoms with Crippen LogP contribution in [-0.2, 0) is 6.42 Å². The summed E-state index contributed by atoms with van der Waals surface area (Å²) in [6.07, 6.45) is 2.49. The van der Waals surface area contributed by atoms with E-state index in [9.17, 15) is 5.26 Å². The second-order valence-electron chi connectivity index (χ2n) is 5.31. The van der Waals surface area contributed by atoms with Gasteiger partial charge < -0.3 is 5.73 Å². The number of nitriles is 1. The second-order valence-corrected chi connectivity index (χ2v) is 5.31. The lowest BCUT2D eigenvalue weighted by atomic mass is 9.82. The summed E-state index contributed by atoms with van der Waals surface area (Å²) in [6, 6.07) is 17.0. The van der Waals surface area contributed by atoms with Gasteiger partial charge in [-0.15, -0.1) is 0 Å². The van der Waals surface area contributed by atoms with Crippen LogP contribution in [0.4, 0.5) is 0 Å². The largest absolute Gasteiger partial charge is 0.310 e. The Labute approximate surface area is 110 Å². The molecule has 0 aliphatic heterocycles. The average Bonchev–Trinajstić information content (AvgIpc) is 2.44. The average molecular weight is 244 g/mol. The summed E-state index contributed by atoms with van der Waals surface area (Å²) in [5.41, 5.74) is 6.42. The Morgan fingerprint density at radius 1 is 1.00 bits per heavy atom. The first kappa shape index (κ1) is 10.5. The van der Waals surface area contributed by atoms with Crippen molar-refractivity contribution in [1.82, 2.24) is 0 Å². The third kappa shape index (κ3) is 1.34. The molecule has 4 rings (SSSR count). The lowest BCUT2D eigenvalue weighted by Gasteiger charge is -2.24. The van der Waals surface area contributed by atoms with Gasteiger partial charge in [-0.1, -0.05) is 42.5 Å². The lowest BCUT2D eigenvalue weighted by Crippen LogP contribution is -2.42. The van der Waals surface area contributed by atoms with E-state index in [1.807, 2.05) is 6.08 Å². The van der Waals surface area contributed by atoms with E-state index in [0.717, 1.165) is 5.22 Å². The molecule has 3 aromatic carbocycles. The zero-order valence-corrected chi connectivity index (χ0v) is 10.4. The van der Waals surface area contributed by atoms with Gasteiger partial charge in [0, 0.05) is 6.42 Å². The summed E-state index contributed by atoms with van der Waals surface area (Å²) in [7, 11) is 0. The second kappa shape index (κ2) is 3.34. The van der Waals surface area contributed by atoms with Gasteiger partial charge in [0.2, 0.25) is 0 Å². The van der Waals surface area contributed by atoms with E-state index in [2.05, 4.69) is 48.5 Å². The van der Waals surface area contributed by atoms with Crippen LogP contribution in [0.1, 0.15) is 5.56 Å². The predicted molar refractivity (Wildman–Crippen MR) is 77.4 cm³/mol. The molecule has 0 bridgehead atoms. The fourth-order valence-corrected chi connectivity index (χ4v) is 3.17. The molecule has 1 aliphatic carbocycles. The number of nitrogens with zero attached hydrogens (tertiary/aromatic N) is 1. The smallest absolute Gasteiger partial charge is 0.127 e. The predicted octanol–water partition coefficient (Wildman–Crippen LogP) is 2.27. The number of rotatable bonds is 0. The molecule has 0 spiro atoms. The van der Waals surface area contributed by atoms with Gasteiger partial charge in [-0.05, 0) is 38.4 Å². The molecule has 0 saturated carbocycles. The number of benzene rings is 3. The summed E-state index contributed by atoms with van der Waals surface area (Å²) in [5, 5.41) is 15.4. The Bertz CT molecular complexity index is 902. The highest BCUT2D eigenvalue weighted by Gasteiger charge is 2.27. The van der Waals surface area contributed by atoms with Crippen molar-refractivity contribution in [3.63, 3.8) is 0 Å². The Morgan fingerprint density at radius 2 is 1.74 bits per heavy atom. The van der Waals surface area contributed by atoms with Crippen LogP contribution in [0.2, 0.25) is 0 Å². The van der Waals surface area contributed by atoms with Gasteiger partial charge in [-0.25, -0.2) is 0 Å². The van der Waals surface area contributed by atoms with Gasteiger partial charge in [-0.2, -0.15) is 5.26 Å². The highest BCUT2D eigenvalue weighted by atomic mass is 14.7. The molecule has 0 radical (unpaired) electrons. The molecule has 0 aromatic heterocycles. The molecule has 3 aromatic rings. The van der Waals surface area contributed by atoms with E-state index in [1.54, 1.807) is 0 Å². The van der Waals surface area contributed by atoms with Crippen molar-refractivity contribution in [2.45, 2.75) is 12.0 Å². The third-order valence-electron chi connectivity index (χ3n) is 4.00. The summed E-state index contributed by atoms with van der Waals surface area (Å²) in [6.45, 7) is 0. The molecule has 1 unspecified atom stereocenters. The summed E-state index contributed by atoms with van der Waals surface area (Å²) < 4.78 is 0. The monoisotopic (exact) mass is 244 g/mol. The molecule has 1 atom stereocenters. The van der Waals surface area contributed by atoms with Gasteiger partial charge in [0.05, 0.1) is 6.07 Å². The molecule has 2 heteroatoms. The highest BCUT2D eigenvalue weighted by Crippen LogP contribution is 2.30. The Kier molecular flexibility index (Phi) is 1.86. The molecule has 19 heavy (non-hydrogen) atoms. The first-order valence-corrected chi connectivity index (χ1v) is 6.36. The van der Waals surface area contributed by atoms with Crippen LogP contribution in [0, 0.1) is 11.3 Å². The van der Waals surface area contributed by atoms with Gasteiger partial charge in [-0.3, -0.25) is 0 Å². The zero-order chi connectivity index (χ0) is 13.0. The Hall–Kier alpha value is -2.37. The molecule has 0 heterocycles. The van der Waals surface area contributed by atoms with Crippen molar-refractivity contribution in [2.75, 3.05) is 0 Å². The minimum atomic E-state index is -0.882. The van der Waals surface area contributed by atoms with Crippen LogP contribution in [0.25, 0.3) is 27.6 Å². The van der Waals surface area contributed by atoms with Crippen LogP contribution >= 0.6 is 0 Å². The van der Waals surface area contributed by atoms with Gasteiger partial charge in [0.1, 0.15) is 5.54 Å². The molecule has 90 valence electrons. The minimum absolute atomic E-state index is 0.584. The van der Waals surface area contributed by atoms with Gasteiger partial charge in [0.15, 0.2) is 0 Å². The van der Waals surface area contributed by atoms with Crippen molar-refractivity contribution in [3.05, 3.63) is 53.2 Å². The van der Waals surface area contributed by atoms with Gasteiger partial charge >= 0.3 is 0 Å². The zero-order valence-electron chi connectivity index (χ0n) is 10.4. The molecule has 0 amide bonds. The molecule has 2 N–H and O–H groups in total. The van der Waals surface area contributed by atoms with Crippen molar-refractivity contribution in [2.24, 2.45) is 5.73 Å². The minimum Gasteiger partial charge on any atom is -0.310 e. The standard InChI is InChI=1S/C17H12N2/c18-10-17(19)8-13-6-4-11-2-1-3-12-5-7-14(9-17)16(13)15(11)12/h1-8H,9,19H2. The maximum absolute atomic E-state index is 9.27. The quantitative estimate of drug-likeness (QED) is 0.659. The topological polar surface area (TPSA) is 49.8 Å². The van der Waals surface area contributed by atoms with E-state index in [4.69, 9.17) is 5.73 Å². The van der Waals surface area contributed by atoms with Crippen LogP contribution in [0.15, 0.2) is 42.5 Å². The van der Waals surface area contributed by atoms with E-state index >= 15 is 0 Å². The SMILES string of the molecule is N#CC1(N)C=c2ccc3cccc4ccc(c2c43)C1. The highest BCUT2D eigenvalue weighted by molar-refractivity contribution is 6.12. The van der Waals surface area contributed by atoms with Crippen LogP contribution in [-0.4, -0.2) is 5.54 Å². The first-order chi connectivity index (χ1) is 9.20. The number of nitrogens with two attached hydrogens (primary N) is 1. The number of hydrogen-bond acceptors (Lipinski definition) is 2. The van der Waals surface area contributed by atoms with Gasteiger partial charge in [0.25, 0.3) is 0 Å². The first-order valence-electron chi connectivity index (χ1n) is 6.36. The van der Waals surface area contributed by atoms with Crippen molar-refractivity contribution >= 4 is 27.6 Å². The molecule has 0 saturated heterocycles. The molecule has 1 aliphatic rings. The fourth-order valence-electron chi connectivity index (χ4n) is 3.17. The summed E-state index contributed by atoms with van der Waals surface area (Å²) in [4.78, 5) is 0. The molecule has 0 fully saturated rings. The van der Waals surface area contributed by atoms with E-state index in [1.165, 1.54) is 27.1 Å². The van der Waals surface area contributed by atoms with Crippen molar-refractivity contribution in [3.8, 4) is 6.07 Å². The fraction of sp³-hybridized carbons (Fsp3) is 0.118. The van der Waals surface area contributed by atoms with Crippen LogP contribution in [0.5, 0.6) is 0 Å². The third-order valence-corrected chi connectivity index (χ3v) is 4.00. The molecular weight excluding hydrogens is 232 g/mol.